The molecule has 2 heteroatoms. The fourth-order valence-electron chi connectivity index (χ4n) is 3.03. The van der Waals surface area contributed by atoms with Crippen molar-refractivity contribution in [3.63, 3.8) is 0 Å². The second kappa shape index (κ2) is 6.42. The number of hydrogen-bond acceptors (Lipinski definition) is 2. The molecule has 0 unspecified atom stereocenters. The van der Waals surface area contributed by atoms with Crippen molar-refractivity contribution < 1.29 is 0 Å². The van der Waals surface area contributed by atoms with Crippen molar-refractivity contribution in [3.8, 4) is 0 Å². The summed E-state index contributed by atoms with van der Waals surface area (Å²) < 4.78 is 0. The highest BCUT2D eigenvalue weighted by Gasteiger charge is 2.21. The van der Waals surface area contributed by atoms with Crippen molar-refractivity contribution in [3.05, 3.63) is 29.8 Å². The van der Waals surface area contributed by atoms with Crippen LogP contribution in [0, 0.1) is 5.92 Å². The van der Waals surface area contributed by atoms with E-state index in [9.17, 15) is 0 Å². The minimum atomic E-state index is 0.176. The van der Waals surface area contributed by atoms with Crippen molar-refractivity contribution in [2.45, 2.75) is 58.0 Å². The quantitative estimate of drug-likeness (QED) is 0.882. The van der Waals surface area contributed by atoms with Gasteiger partial charge in [-0.15, -0.1) is 0 Å². The summed E-state index contributed by atoms with van der Waals surface area (Å²) in [7, 11) is 2.23. The van der Waals surface area contributed by atoms with E-state index in [1.165, 1.54) is 36.9 Å². The van der Waals surface area contributed by atoms with Crippen LogP contribution in [0.4, 0.5) is 5.69 Å². The fraction of sp³-hybridized carbons (Fsp3) is 0.647. The number of hydrogen-bond donors (Lipinski definition) is 1. The maximum Gasteiger partial charge on any atom is 0.0366 e. The van der Waals surface area contributed by atoms with Gasteiger partial charge in [0.2, 0.25) is 0 Å². The first-order valence-electron chi connectivity index (χ1n) is 7.70. The lowest BCUT2D eigenvalue weighted by atomic mass is 9.86. The average Bonchev–Trinajstić information content (AvgIpc) is 2.46. The number of rotatable bonds is 4. The molecule has 0 saturated heterocycles. The van der Waals surface area contributed by atoms with Gasteiger partial charge in [0.1, 0.15) is 0 Å². The minimum absolute atomic E-state index is 0.176. The van der Waals surface area contributed by atoms with Crippen LogP contribution in [-0.4, -0.2) is 13.1 Å². The lowest BCUT2D eigenvalue weighted by molar-refractivity contribution is 0.341. The monoisotopic (exact) mass is 260 g/mol. The van der Waals surface area contributed by atoms with E-state index in [4.69, 9.17) is 5.73 Å². The van der Waals surface area contributed by atoms with Gasteiger partial charge < -0.3 is 10.6 Å². The van der Waals surface area contributed by atoms with Crippen LogP contribution in [0.5, 0.6) is 0 Å². The fourth-order valence-corrected chi connectivity index (χ4v) is 3.03. The van der Waals surface area contributed by atoms with Gasteiger partial charge in [0.15, 0.2) is 0 Å². The smallest absolute Gasteiger partial charge is 0.0366 e. The summed E-state index contributed by atoms with van der Waals surface area (Å²) >= 11 is 0. The predicted octanol–water partition coefficient (Wildman–Crippen LogP) is 4.11. The van der Waals surface area contributed by atoms with Crippen molar-refractivity contribution in [2.24, 2.45) is 11.7 Å². The van der Waals surface area contributed by atoms with E-state index in [-0.39, 0.29) is 6.04 Å². The average molecular weight is 260 g/mol. The Morgan fingerprint density at radius 1 is 1.16 bits per heavy atom. The number of anilines is 1. The van der Waals surface area contributed by atoms with E-state index in [1.807, 2.05) is 0 Å². The van der Waals surface area contributed by atoms with Crippen LogP contribution in [0.2, 0.25) is 0 Å². The maximum absolute atomic E-state index is 6.06. The molecule has 2 nitrogen and oxygen atoms in total. The zero-order chi connectivity index (χ0) is 13.8. The highest BCUT2D eigenvalue weighted by atomic mass is 15.1. The maximum atomic E-state index is 6.06. The molecule has 0 amide bonds. The molecule has 2 rings (SSSR count). The first kappa shape index (κ1) is 14.4. The summed E-state index contributed by atoms with van der Waals surface area (Å²) in [5.74, 6) is 0.912. The number of benzene rings is 1. The van der Waals surface area contributed by atoms with Crippen LogP contribution >= 0.6 is 0 Å². The summed E-state index contributed by atoms with van der Waals surface area (Å²) in [5.41, 5.74) is 8.64. The summed E-state index contributed by atoms with van der Waals surface area (Å²) in [6.45, 7) is 4.51. The van der Waals surface area contributed by atoms with Crippen LogP contribution < -0.4 is 10.6 Å². The molecule has 0 spiro atoms. The number of nitrogens with zero attached hydrogens (tertiary/aromatic N) is 1. The predicted molar refractivity (Wildman–Crippen MR) is 83.5 cm³/mol. The molecule has 106 valence electrons. The van der Waals surface area contributed by atoms with Gasteiger partial charge in [-0.25, -0.2) is 0 Å². The van der Waals surface area contributed by atoms with Gasteiger partial charge in [-0.05, 0) is 55.7 Å². The third kappa shape index (κ3) is 3.50. The Hall–Kier alpha value is -1.02. The Kier molecular flexibility index (Phi) is 4.87. The SMILES string of the molecule is CC[C@H](N)c1ccc(N(C)C2CCC(C)CC2)cc1. The van der Waals surface area contributed by atoms with Crippen LogP contribution in [0.25, 0.3) is 0 Å². The molecule has 1 aliphatic carbocycles. The summed E-state index contributed by atoms with van der Waals surface area (Å²) in [4.78, 5) is 2.45. The second-order valence-corrected chi connectivity index (χ2v) is 6.13. The summed E-state index contributed by atoms with van der Waals surface area (Å²) in [6.07, 6.45) is 6.39. The molecule has 2 N–H and O–H groups in total. The number of nitrogens with two attached hydrogens (primary N) is 1. The molecule has 0 aromatic heterocycles. The molecule has 1 saturated carbocycles. The largest absolute Gasteiger partial charge is 0.372 e. The zero-order valence-electron chi connectivity index (χ0n) is 12.6. The van der Waals surface area contributed by atoms with Gasteiger partial charge in [-0.2, -0.15) is 0 Å². The van der Waals surface area contributed by atoms with Crippen molar-refractivity contribution in [1.82, 2.24) is 0 Å². The van der Waals surface area contributed by atoms with E-state index < -0.39 is 0 Å². The normalized spacial score (nSPS) is 25.1. The Bertz CT molecular complexity index is 377. The van der Waals surface area contributed by atoms with Gasteiger partial charge in [0.25, 0.3) is 0 Å². The second-order valence-electron chi connectivity index (χ2n) is 6.13. The summed E-state index contributed by atoms with van der Waals surface area (Å²) in [5, 5.41) is 0. The van der Waals surface area contributed by atoms with E-state index in [0.717, 1.165) is 12.3 Å². The molecular weight excluding hydrogens is 232 g/mol. The molecule has 1 aliphatic rings. The Morgan fingerprint density at radius 2 is 1.74 bits per heavy atom. The first-order valence-corrected chi connectivity index (χ1v) is 7.70. The lowest BCUT2D eigenvalue weighted by Gasteiger charge is -2.35. The molecule has 0 radical (unpaired) electrons. The summed E-state index contributed by atoms with van der Waals surface area (Å²) in [6, 6.07) is 9.71. The Balaban J connectivity index is 2.01. The third-order valence-electron chi connectivity index (χ3n) is 4.70. The molecule has 1 aromatic carbocycles. The molecule has 1 fully saturated rings. The highest BCUT2D eigenvalue weighted by Crippen LogP contribution is 2.29. The molecule has 1 aromatic rings. The molecule has 0 aliphatic heterocycles. The molecular formula is C17H28N2. The van der Waals surface area contributed by atoms with Crippen molar-refractivity contribution in [1.29, 1.82) is 0 Å². The molecule has 0 bridgehead atoms. The first-order chi connectivity index (χ1) is 9.11. The van der Waals surface area contributed by atoms with E-state index in [0.29, 0.717) is 6.04 Å². The standard InChI is InChI=1S/C17H28N2/c1-4-17(18)14-7-11-16(12-8-14)19(3)15-9-5-13(2)6-10-15/h7-8,11-13,15,17H,4-6,9-10,18H2,1-3H3/t13?,15?,17-/m0/s1. The minimum Gasteiger partial charge on any atom is -0.372 e. The van der Waals surface area contributed by atoms with E-state index >= 15 is 0 Å². The third-order valence-corrected chi connectivity index (χ3v) is 4.70. The van der Waals surface area contributed by atoms with Crippen LogP contribution in [0.3, 0.4) is 0 Å². The lowest BCUT2D eigenvalue weighted by Crippen LogP contribution is -2.34. The Morgan fingerprint density at radius 3 is 2.26 bits per heavy atom. The van der Waals surface area contributed by atoms with Crippen molar-refractivity contribution in [2.75, 3.05) is 11.9 Å². The van der Waals surface area contributed by atoms with Crippen LogP contribution in [-0.2, 0) is 0 Å². The van der Waals surface area contributed by atoms with Gasteiger partial charge in [0.05, 0.1) is 0 Å². The van der Waals surface area contributed by atoms with Gasteiger partial charge >= 0.3 is 0 Å². The molecule has 19 heavy (non-hydrogen) atoms. The van der Waals surface area contributed by atoms with Gasteiger partial charge in [-0.1, -0.05) is 26.0 Å². The van der Waals surface area contributed by atoms with Crippen LogP contribution in [0.1, 0.15) is 57.6 Å². The van der Waals surface area contributed by atoms with Crippen LogP contribution in [0.15, 0.2) is 24.3 Å². The molecule has 0 heterocycles. The van der Waals surface area contributed by atoms with Crippen molar-refractivity contribution >= 4 is 5.69 Å². The highest BCUT2D eigenvalue weighted by molar-refractivity contribution is 5.48. The van der Waals surface area contributed by atoms with E-state index in [1.54, 1.807) is 0 Å². The molecule has 1 atom stereocenters. The van der Waals surface area contributed by atoms with Gasteiger partial charge in [-0.3, -0.25) is 0 Å². The topological polar surface area (TPSA) is 29.3 Å². The van der Waals surface area contributed by atoms with Gasteiger partial charge in [0, 0.05) is 24.8 Å². The van der Waals surface area contributed by atoms with E-state index in [2.05, 4.69) is 50.1 Å². The Labute approximate surface area is 118 Å². The zero-order valence-corrected chi connectivity index (χ0v) is 12.6.